The number of benzene rings is 2. The maximum absolute atomic E-state index is 13.3. The van der Waals surface area contributed by atoms with E-state index in [1.54, 1.807) is 4.57 Å². The summed E-state index contributed by atoms with van der Waals surface area (Å²) in [7, 11) is 0. The van der Waals surface area contributed by atoms with E-state index in [1.807, 2.05) is 6.92 Å². The van der Waals surface area contributed by atoms with Crippen molar-refractivity contribution in [2.45, 2.75) is 31.4 Å². The third-order valence-corrected chi connectivity index (χ3v) is 5.85. The third kappa shape index (κ3) is 6.52. The summed E-state index contributed by atoms with van der Waals surface area (Å²) in [6.45, 7) is 2.34. The van der Waals surface area contributed by atoms with Crippen LogP contribution in [0.3, 0.4) is 0 Å². The van der Waals surface area contributed by atoms with Crippen LogP contribution in [0.25, 0.3) is 0 Å². The van der Waals surface area contributed by atoms with Gasteiger partial charge in [0.15, 0.2) is 11.0 Å². The lowest BCUT2D eigenvalue weighted by Gasteiger charge is -2.12. The molecule has 3 aromatic rings. The number of anilines is 1. The van der Waals surface area contributed by atoms with Gasteiger partial charge in [-0.05, 0) is 37.3 Å². The second-order valence-electron chi connectivity index (χ2n) is 6.54. The SMILES string of the molecule is CCn1c(COc2ccc(F)c(Cl)c2)nnc1SCC(=O)Nc1cc(C(F)(F)F)ccc1Cl. The van der Waals surface area contributed by atoms with E-state index >= 15 is 0 Å². The van der Waals surface area contributed by atoms with Gasteiger partial charge in [0.25, 0.3) is 0 Å². The first kappa shape index (κ1) is 25.1. The molecule has 0 saturated carbocycles. The van der Waals surface area contributed by atoms with E-state index in [-0.39, 0.29) is 28.1 Å². The molecule has 3 rings (SSSR count). The highest BCUT2D eigenvalue weighted by Crippen LogP contribution is 2.34. The van der Waals surface area contributed by atoms with E-state index in [1.165, 1.54) is 18.2 Å². The highest BCUT2D eigenvalue weighted by Gasteiger charge is 2.31. The number of nitrogens with zero attached hydrogens (tertiary/aromatic N) is 3. The minimum atomic E-state index is -4.56. The standard InChI is InChI=1S/C20H16Cl2F4N4O2S/c1-2-30-17(9-32-12-4-6-15(23)14(22)8-12)28-29-19(30)33-10-18(31)27-16-7-11(20(24,25)26)3-5-13(16)21/h3-8H,2,9-10H2,1H3,(H,27,31). The molecule has 176 valence electrons. The molecule has 1 N–H and O–H groups in total. The number of nitrogens with one attached hydrogen (secondary N) is 1. The Kier molecular flexibility index (Phi) is 8.09. The van der Waals surface area contributed by atoms with Crippen molar-refractivity contribution >= 4 is 46.6 Å². The highest BCUT2D eigenvalue weighted by atomic mass is 35.5. The van der Waals surface area contributed by atoms with Crippen LogP contribution in [0, 0.1) is 5.82 Å². The van der Waals surface area contributed by atoms with Crippen molar-refractivity contribution < 1.29 is 27.1 Å². The molecule has 0 unspecified atom stereocenters. The summed E-state index contributed by atoms with van der Waals surface area (Å²) < 4.78 is 59.2. The van der Waals surface area contributed by atoms with Crippen LogP contribution in [0.1, 0.15) is 18.3 Å². The van der Waals surface area contributed by atoms with Crippen molar-refractivity contribution in [3.63, 3.8) is 0 Å². The molecule has 0 aliphatic carbocycles. The number of alkyl halides is 3. The Morgan fingerprint density at radius 3 is 2.58 bits per heavy atom. The molecule has 33 heavy (non-hydrogen) atoms. The second kappa shape index (κ2) is 10.6. The summed E-state index contributed by atoms with van der Waals surface area (Å²) in [6.07, 6.45) is -4.56. The third-order valence-electron chi connectivity index (χ3n) is 4.27. The molecule has 0 atom stereocenters. The molecular formula is C20H16Cl2F4N4O2S. The van der Waals surface area contributed by atoms with Crippen molar-refractivity contribution in [3.8, 4) is 5.75 Å². The highest BCUT2D eigenvalue weighted by molar-refractivity contribution is 7.99. The number of rotatable bonds is 8. The Morgan fingerprint density at radius 1 is 1.15 bits per heavy atom. The first-order chi connectivity index (χ1) is 15.6. The van der Waals surface area contributed by atoms with E-state index in [9.17, 15) is 22.4 Å². The van der Waals surface area contributed by atoms with E-state index < -0.39 is 23.5 Å². The van der Waals surface area contributed by atoms with Gasteiger partial charge in [-0.2, -0.15) is 13.2 Å². The molecule has 0 aliphatic rings. The number of carbonyl (C=O) groups is 1. The monoisotopic (exact) mass is 522 g/mol. The van der Waals surface area contributed by atoms with Crippen molar-refractivity contribution in [2.24, 2.45) is 0 Å². The van der Waals surface area contributed by atoms with Gasteiger partial charge in [0.1, 0.15) is 18.2 Å². The van der Waals surface area contributed by atoms with Crippen molar-refractivity contribution in [2.75, 3.05) is 11.1 Å². The fourth-order valence-corrected chi connectivity index (χ4v) is 3.84. The molecule has 0 radical (unpaired) electrons. The number of thioether (sulfide) groups is 1. The second-order valence-corrected chi connectivity index (χ2v) is 8.29. The van der Waals surface area contributed by atoms with Gasteiger partial charge >= 0.3 is 6.18 Å². The van der Waals surface area contributed by atoms with E-state index in [0.29, 0.717) is 23.3 Å². The molecular weight excluding hydrogens is 507 g/mol. The van der Waals surface area contributed by atoms with Crippen LogP contribution < -0.4 is 10.1 Å². The summed E-state index contributed by atoms with van der Waals surface area (Å²) in [5.74, 6) is -0.464. The minimum absolute atomic E-state index is 0.0154. The molecule has 0 aliphatic heterocycles. The minimum Gasteiger partial charge on any atom is -0.486 e. The van der Waals surface area contributed by atoms with Crippen molar-refractivity contribution in [3.05, 3.63) is 63.6 Å². The Balaban J connectivity index is 1.62. The summed E-state index contributed by atoms with van der Waals surface area (Å²) in [5, 5.41) is 10.8. The molecule has 0 bridgehead atoms. The Bertz CT molecular complexity index is 1160. The average molecular weight is 523 g/mol. The fourth-order valence-electron chi connectivity index (χ4n) is 2.68. The zero-order chi connectivity index (χ0) is 24.2. The van der Waals surface area contributed by atoms with E-state index in [2.05, 4.69) is 15.5 Å². The quantitative estimate of drug-likeness (QED) is 0.287. The number of carbonyl (C=O) groups excluding carboxylic acids is 1. The number of ether oxygens (including phenoxy) is 1. The Labute approximate surface area is 200 Å². The number of hydrogen-bond acceptors (Lipinski definition) is 5. The molecule has 1 heterocycles. The van der Waals surface area contributed by atoms with Gasteiger partial charge < -0.3 is 14.6 Å². The topological polar surface area (TPSA) is 69.0 Å². The van der Waals surface area contributed by atoms with Gasteiger partial charge in [0.05, 0.1) is 27.0 Å². The van der Waals surface area contributed by atoms with E-state index in [4.69, 9.17) is 27.9 Å². The first-order valence-corrected chi connectivity index (χ1v) is 11.1. The molecule has 0 saturated heterocycles. The zero-order valence-electron chi connectivity index (χ0n) is 16.9. The maximum atomic E-state index is 13.3. The summed E-state index contributed by atoms with van der Waals surface area (Å²) in [6, 6.07) is 6.62. The molecule has 1 amide bonds. The molecule has 0 fully saturated rings. The molecule has 13 heteroatoms. The van der Waals surface area contributed by atoms with Crippen LogP contribution >= 0.6 is 35.0 Å². The summed E-state index contributed by atoms with van der Waals surface area (Å²) in [4.78, 5) is 12.3. The number of aromatic nitrogens is 3. The summed E-state index contributed by atoms with van der Waals surface area (Å²) in [5.41, 5.74) is -1.06. The molecule has 0 spiro atoms. The Hall–Kier alpha value is -2.50. The van der Waals surface area contributed by atoms with Crippen LogP contribution in [-0.2, 0) is 24.1 Å². The predicted octanol–water partition coefficient (Wildman–Crippen LogP) is 6.07. The largest absolute Gasteiger partial charge is 0.486 e. The maximum Gasteiger partial charge on any atom is 0.416 e. The van der Waals surface area contributed by atoms with Gasteiger partial charge in [0.2, 0.25) is 5.91 Å². The van der Waals surface area contributed by atoms with Gasteiger partial charge in [-0.1, -0.05) is 35.0 Å². The van der Waals surface area contributed by atoms with E-state index in [0.717, 1.165) is 30.0 Å². The van der Waals surface area contributed by atoms with Crippen LogP contribution in [0.2, 0.25) is 10.0 Å². The average Bonchev–Trinajstić information content (AvgIpc) is 3.15. The molecule has 2 aromatic carbocycles. The fraction of sp³-hybridized carbons (Fsp3) is 0.250. The Morgan fingerprint density at radius 2 is 1.91 bits per heavy atom. The van der Waals surface area contributed by atoms with Crippen LogP contribution in [-0.4, -0.2) is 26.4 Å². The lowest BCUT2D eigenvalue weighted by atomic mass is 10.2. The number of halogens is 6. The molecule has 1 aromatic heterocycles. The smallest absolute Gasteiger partial charge is 0.416 e. The first-order valence-electron chi connectivity index (χ1n) is 9.37. The van der Waals surface area contributed by atoms with Crippen LogP contribution in [0.4, 0.5) is 23.2 Å². The van der Waals surface area contributed by atoms with Crippen molar-refractivity contribution in [1.29, 1.82) is 0 Å². The normalized spacial score (nSPS) is 11.5. The lowest BCUT2D eigenvalue weighted by molar-refractivity contribution is -0.137. The lowest BCUT2D eigenvalue weighted by Crippen LogP contribution is -2.16. The van der Waals surface area contributed by atoms with Gasteiger partial charge in [-0.3, -0.25) is 4.79 Å². The van der Waals surface area contributed by atoms with Gasteiger partial charge in [-0.25, -0.2) is 4.39 Å². The molecule has 6 nitrogen and oxygen atoms in total. The summed E-state index contributed by atoms with van der Waals surface area (Å²) >= 11 is 12.7. The predicted molar refractivity (Wildman–Crippen MR) is 117 cm³/mol. The van der Waals surface area contributed by atoms with Crippen LogP contribution in [0.15, 0.2) is 41.6 Å². The van der Waals surface area contributed by atoms with Gasteiger partial charge in [-0.15, -0.1) is 10.2 Å². The number of amides is 1. The zero-order valence-corrected chi connectivity index (χ0v) is 19.2. The van der Waals surface area contributed by atoms with Crippen LogP contribution in [0.5, 0.6) is 5.75 Å². The van der Waals surface area contributed by atoms with Crippen molar-refractivity contribution in [1.82, 2.24) is 14.8 Å². The van der Waals surface area contributed by atoms with Gasteiger partial charge in [0, 0.05) is 12.6 Å². The number of hydrogen-bond donors (Lipinski definition) is 1.